The fourth-order valence-corrected chi connectivity index (χ4v) is 1.45. The molecule has 2 aromatic rings. The fourth-order valence-electron chi connectivity index (χ4n) is 1.45. The predicted molar refractivity (Wildman–Crippen MR) is 65.0 cm³/mol. The van der Waals surface area contributed by atoms with E-state index in [1.165, 1.54) is 0 Å². The van der Waals surface area contributed by atoms with Gasteiger partial charge in [-0.3, -0.25) is 9.89 Å². The lowest BCUT2D eigenvalue weighted by molar-refractivity contribution is 0.101. The van der Waals surface area contributed by atoms with Gasteiger partial charge in [0.25, 0.3) is 5.91 Å². The van der Waals surface area contributed by atoms with Crippen molar-refractivity contribution in [3.05, 3.63) is 41.0 Å². The van der Waals surface area contributed by atoms with Crippen LogP contribution in [0.2, 0.25) is 0 Å². The SMILES string of the molecule is Cc1nc(C(=O)Nc2cc(C#N)ccc2C)n[nH]1. The van der Waals surface area contributed by atoms with Gasteiger partial charge in [0.1, 0.15) is 5.82 Å². The average Bonchev–Trinajstić information content (AvgIpc) is 2.79. The first kappa shape index (κ1) is 11.8. The number of benzene rings is 1. The number of anilines is 1. The van der Waals surface area contributed by atoms with Crippen molar-refractivity contribution < 1.29 is 4.79 Å². The van der Waals surface area contributed by atoms with Crippen LogP contribution in [0.3, 0.4) is 0 Å². The van der Waals surface area contributed by atoms with Crippen LogP contribution in [-0.2, 0) is 0 Å². The zero-order valence-corrected chi connectivity index (χ0v) is 9.98. The molecule has 1 aromatic carbocycles. The maximum absolute atomic E-state index is 11.8. The van der Waals surface area contributed by atoms with E-state index in [4.69, 9.17) is 5.26 Å². The Kier molecular flexibility index (Phi) is 3.06. The minimum absolute atomic E-state index is 0.0780. The zero-order valence-electron chi connectivity index (χ0n) is 9.98. The van der Waals surface area contributed by atoms with E-state index >= 15 is 0 Å². The third-order valence-corrected chi connectivity index (χ3v) is 2.42. The Morgan fingerprint density at radius 2 is 2.22 bits per heavy atom. The van der Waals surface area contributed by atoms with E-state index in [1.807, 2.05) is 13.0 Å². The number of nitriles is 1. The second-order valence-electron chi connectivity index (χ2n) is 3.84. The van der Waals surface area contributed by atoms with E-state index in [9.17, 15) is 4.79 Å². The monoisotopic (exact) mass is 241 g/mol. The Bertz CT molecular complexity index is 638. The Balaban J connectivity index is 2.24. The van der Waals surface area contributed by atoms with E-state index in [0.717, 1.165) is 5.56 Å². The predicted octanol–water partition coefficient (Wildman–Crippen LogP) is 1.55. The van der Waals surface area contributed by atoms with Crippen LogP contribution in [0.15, 0.2) is 18.2 Å². The number of amides is 1. The molecule has 6 nitrogen and oxygen atoms in total. The van der Waals surface area contributed by atoms with Gasteiger partial charge in [-0.1, -0.05) is 6.07 Å². The van der Waals surface area contributed by atoms with E-state index < -0.39 is 5.91 Å². The van der Waals surface area contributed by atoms with Crippen molar-refractivity contribution in [2.45, 2.75) is 13.8 Å². The van der Waals surface area contributed by atoms with E-state index in [0.29, 0.717) is 17.1 Å². The van der Waals surface area contributed by atoms with Crippen LogP contribution in [-0.4, -0.2) is 21.1 Å². The summed E-state index contributed by atoms with van der Waals surface area (Å²) in [7, 11) is 0. The van der Waals surface area contributed by atoms with Crippen LogP contribution < -0.4 is 5.32 Å². The number of aromatic amines is 1. The maximum atomic E-state index is 11.8. The van der Waals surface area contributed by atoms with Crippen LogP contribution in [0.25, 0.3) is 0 Å². The Morgan fingerprint density at radius 1 is 1.44 bits per heavy atom. The second kappa shape index (κ2) is 4.67. The molecule has 0 unspecified atom stereocenters. The summed E-state index contributed by atoms with van der Waals surface area (Å²) in [5, 5.41) is 17.9. The minimum Gasteiger partial charge on any atom is -0.319 e. The lowest BCUT2D eigenvalue weighted by Gasteiger charge is -2.06. The first-order valence-corrected chi connectivity index (χ1v) is 5.31. The number of hydrogen-bond acceptors (Lipinski definition) is 4. The lowest BCUT2D eigenvalue weighted by Crippen LogP contribution is -2.14. The highest BCUT2D eigenvalue weighted by Gasteiger charge is 2.12. The van der Waals surface area contributed by atoms with Crippen molar-refractivity contribution in [3.8, 4) is 6.07 Å². The number of H-pyrrole nitrogens is 1. The molecule has 0 bridgehead atoms. The Morgan fingerprint density at radius 3 is 2.83 bits per heavy atom. The van der Waals surface area contributed by atoms with Crippen LogP contribution >= 0.6 is 0 Å². The number of carbonyl (C=O) groups is 1. The molecule has 1 aromatic heterocycles. The van der Waals surface area contributed by atoms with E-state index in [-0.39, 0.29) is 5.82 Å². The standard InChI is InChI=1S/C12H11N5O/c1-7-3-4-9(6-13)5-10(7)15-12(18)11-14-8(2)16-17-11/h3-5H,1-2H3,(H,15,18)(H,14,16,17). The molecule has 0 fully saturated rings. The van der Waals surface area contributed by atoms with Gasteiger partial charge in [-0.15, -0.1) is 5.10 Å². The van der Waals surface area contributed by atoms with Crippen molar-refractivity contribution >= 4 is 11.6 Å². The first-order valence-electron chi connectivity index (χ1n) is 5.31. The van der Waals surface area contributed by atoms with Gasteiger partial charge < -0.3 is 5.32 Å². The number of aryl methyl sites for hydroxylation is 2. The van der Waals surface area contributed by atoms with Crippen molar-refractivity contribution in [3.63, 3.8) is 0 Å². The quantitative estimate of drug-likeness (QED) is 0.833. The summed E-state index contributed by atoms with van der Waals surface area (Å²) >= 11 is 0. The van der Waals surface area contributed by atoms with Crippen LogP contribution in [0, 0.1) is 25.2 Å². The molecule has 1 amide bonds. The van der Waals surface area contributed by atoms with Crippen molar-refractivity contribution in [1.29, 1.82) is 5.26 Å². The van der Waals surface area contributed by atoms with Crippen molar-refractivity contribution in [2.75, 3.05) is 5.32 Å². The van der Waals surface area contributed by atoms with Crippen LogP contribution in [0.1, 0.15) is 27.6 Å². The first-order chi connectivity index (χ1) is 8.60. The smallest absolute Gasteiger partial charge is 0.295 e. The average molecular weight is 241 g/mol. The highest BCUT2D eigenvalue weighted by molar-refractivity contribution is 6.02. The molecule has 1 heterocycles. The van der Waals surface area contributed by atoms with E-state index in [1.54, 1.807) is 25.1 Å². The largest absolute Gasteiger partial charge is 0.319 e. The summed E-state index contributed by atoms with van der Waals surface area (Å²) in [6.07, 6.45) is 0. The summed E-state index contributed by atoms with van der Waals surface area (Å²) in [6.45, 7) is 3.56. The molecule has 0 aliphatic rings. The van der Waals surface area contributed by atoms with Crippen molar-refractivity contribution in [2.24, 2.45) is 0 Å². The Labute approximate surface area is 104 Å². The lowest BCUT2D eigenvalue weighted by atomic mass is 10.1. The maximum Gasteiger partial charge on any atom is 0.295 e. The molecule has 6 heteroatoms. The van der Waals surface area contributed by atoms with Gasteiger partial charge in [-0.25, -0.2) is 4.98 Å². The number of nitrogens with zero attached hydrogens (tertiary/aromatic N) is 3. The molecule has 18 heavy (non-hydrogen) atoms. The third kappa shape index (κ3) is 2.35. The summed E-state index contributed by atoms with van der Waals surface area (Å²) in [4.78, 5) is 15.8. The van der Waals surface area contributed by atoms with E-state index in [2.05, 4.69) is 20.5 Å². The number of rotatable bonds is 2. The summed E-state index contributed by atoms with van der Waals surface area (Å²) < 4.78 is 0. The van der Waals surface area contributed by atoms with Crippen LogP contribution in [0.4, 0.5) is 5.69 Å². The molecule has 0 spiro atoms. The Hall–Kier alpha value is -2.68. The summed E-state index contributed by atoms with van der Waals surface area (Å²) in [5.41, 5.74) is 1.94. The van der Waals surface area contributed by atoms with Gasteiger partial charge >= 0.3 is 0 Å². The molecule has 0 atom stereocenters. The highest BCUT2D eigenvalue weighted by atomic mass is 16.2. The van der Waals surface area contributed by atoms with Gasteiger partial charge in [0, 0.05) is 5.69 Å². The number of hydrogen-bond donors (Lipinski definition) is 2. The van der Waals surface area contributed by atoms with Crippen molar-refractivity contribution in [1.82, 2.24) is 15.2 Å². The summed E-state index contributed by atoms with van der Waals surface area (Å²) in [5.74, 6) is 0.245. The minimum atomic E-state index is -0.405. The van der Waals surface area contributed by atoms with Crippen LogP contribution in [0.5, 0.6) is 0 Å². The number of aromatic nitrogens is 3. The highest BCUT2D eigenvalue weighted by Crippen LogP contribution is 2.16. The summed E-state index contributed by atoms with van der Waals surface area (Å²) in [6, 6.07) is 7.11. The van der Waals surface area contributed by atoms with Gasteiger partial charge in [0.15, 0.2) is 0 Å². The molecular weight excluding hydrogens is 230 g/mol. The van der Waals surface area contributed by atoms with Gasteiger partial charge in [-0.2, -0.15) is 5.26 Å². The van der Waals surface area contributed by atoms with Gasteiger partial charge in [0.05, 0.1) is 11.6 Å². The van der Waals surface area contributed by atoms with Gasteiger partial charge in [0.2, 0.25) is 5.82 Å². The molecule has 0 saturated carbocycles. The topological polar surface area (TPSA) is 94.5 Å². The number of carbonyl (C=O) groups excluding carboxylic acids is 1. The molecule has 0 aliphatic carbocycles. The molecular formula is C12H11N5O. The molecule has 2 rings (SSSR count). The molecule has 0 radical (unpaired) electrons. The van der Waals surface area contributed by atoms with Gasteiger partial charge in [-0.05, 0) is 31.5 Å². The normalized spacial score (nSPS) is 9.83. The molecule has 0 saturated heterocycles. The molecule has 0 aliphatic heterocycles. The fraction of sp³-hybridized carbons (Fsp3) is 0.167. The molecule has 2 N–H and O–H groups in total. The zero-order chi connectivity index (χ0) is 13.1. The number of nitrogens with one attached hydrogen (secondary N) is 2. The molecule has 90 valence electrons. The second-order valence-corrected chi connectivity index (χ2v) is 3.84. The third-order valence-electron chi connectivity index (χ3n) is 2.42.